The lowest BCUT2D eigenvalue weighted by Gasteiger charge is -2.10. The Bertz CT molecular complexity index is 302. The third kappa shape index (κ3) is 4.35. The van der Waals surface area contributed by atoms with Crippen LogP contribution in [0.15, 0.2) is 18.2 Å². The third-order valence-electron chi connectivity index (χ3n) is 2.25. The van der Waals surface area contributed by atoms with E-state index in [9.17, 15) is 0 Å². The molecule has 0 bridgehead atoms. The van der Waals surface area contributed by atoms with E-state index in [4.69, 9.17) is 11.6 Å². The van der Waals surface area contributed by atoms with Gasteiger partial charge in [0.2, 0.25) is 0 Å². The van der Waals surface area contributed by atoms with Crippen LogP contribution in [-0.2, 0) is 0 Å². The van der Waals surface area contributed by atoms with Crippen LogP contribution < -0.4 is 5.32 Å². The fourth-order valence-corrected chi connectivity index (χ4v) is 2.15. The molecule has 0 atom stereocenters. The zero-order valence-corrected chi connectivity index (χ0v) is 10.9. The molecule has 1 aromatic rings. The normalized spacial score (nSPS) is 10.3. The van der Waals surface area contributed by atoms with Gasteiger partial charge in [-0.1, -0.05) is 24.6 Å². The topological polar surface area (TPSA) is 12.0 Å². The first-order chi connectivity index (χ1) is 7.25. The maximum atomic E-state index is 6.03. The molecule has 0 fully saturated rings. The largest absolute Gasteiger partial charge is 0.385 e. The number of anilines is 1. The first-order valence-electron chi connectivity index (χ1n) is 5.32. The molecule has 0 aliphatic carbocycles. The van der Waals surface area contributed by atoms with E-state index in [2.05, 4.69) is 18.3 Å². The Labute approximate surface area is 102 Å². The summed E-state index contributed by atoms with van der Waals surface area (Å²) in [6.45, 7) is 5.26. The second kappa shape index (κ2) is 7.02. The molecular weight excluding hydrogens is 226 g/mol. The number of thioether (sulfide) groups is 1. The molecule has 3 heteroatoms. The predicted molar refractivity (Wildman–Crippen MR) is 72.3 cm³/mol. The summed E-state index contributed by atoms with van der Waals surface area (Å²) >= 11 is 8.02. The molecule has 0 radical (unpaired) electrons. The van der Waals surface area contributed by atoms with Crippen LogP contribution >= 0.6 is 23.4 Å². The molecule has 0 saturated heterocycles. The minimum absolute atomic E-state index is 0.836. The van der Waals surface area contributed by atoms with Crippen molar-refractivity contribution in [1.82, 2.24) is 0 Å². The van der Waals surface area contributed by atoms with Crippen LogP contribution in [0.1, 0.15) is 18.9 Å². The predicted octanol–water partition coefficient (Wildman–Crippen LogP) is 4.20. The number of halogens is 1. The fourth-order valence-electron chi connectivity index (χ4n) is 1.34. The average molecular weight is 244 g/mol. The molecule has 84 valence electrons. The first kappa shape index (κ1) is 12.7. The van der Waals surface area contributed by atoms with E-state index in [0.29, 0.717) is 0 Å². The van der Waals surface area contributed by atoms with Gasteiger partial charge in [-0.15, -0.1) is 0 Å². The monoisotopic (exact) mass is 243 g/mol. The SMILES string of the molecule is CCSCCCNc1cccc(Cl)c1C. The number of nitrogens with one attached hydrogen (secondary N) is 1. The molecule has 15 heavy (non-hydrogen) atoms. The van der Waals surface area contributed by atoms with Gasteiger partial charge in [-0.2, -0.15) is 11.8 Å². The summed E-state index contributed by atoms with van der Waals surface area (Å²) in [6.07, 6.45) is 1.20. The summed E-state index contributed by atoms with van der Waals surface area (Å²) in [6, 6.07) is 5.99. The van der Waals surface area contributed by atoms with Gasteiger partial charge >= 0.3 is 0 Å². The van der Waals surface area contributed by atoms with Gasteiger partial charge in [-0.25, -0.2) is 0 Å². The zero-order chi connectivity index (χ0) is 11.1. The van der Waals surface area contributed by atoms with Gasteiger partial charge < -0.3 is 5.32 Å². The molecule has 0 saturated carbocycles. The van der Waals surface area contributed by atoms with Crippen molar-refractivity contribution >= 4 is 29.1 Å². The van der Waals surface area contributed by atoms with Crippen molar-refractivity contribution in [3.63, 3.8) is 0 Å². The van der Waals surface area contributed by atoms with Crippen molar-refractivity contribution < 1.29 is 0 Å². The van der Waals surface area contributed by atoms with Crippen molar-refractivity contribution in [2.24, 2.45) is 0 Å². The zero-order valence-electron chi connectivity index (χ0n) is 9.35. The summed E-state index contributed by atoms with van der Waals surface area (Å²) < 4.78 is 0. The van der Waals surface area contributed by atoms with Gasteiger partial charge in [0.25, 0.3) is 0 Å². The summed E-state index contributed by atoms with van der Waals surface area (Å²) in [7, 11) is 0. The van der Waals surface area contributed by atoms with Gasteiger partial charge in [0.1, 0.15) is 0 Å². The van der Waals surface area contributed by atoms with Gasteiger partial charge in [-0.3, -0.25) is 0 Å². The smallest absolute Gasteiger partial charge is 0.0455 e. The van der Waals surface area contributed by atoms with E-state index in [1.54, 1.807) is 0 Å². The molecule has 1 rings (SSSR count). The number of rotatable bonds is 6. The summed E-state index contributed by atoms with van der Waals surface area (Å²) in [5.74, 6) is 2.43. The van der Waals surface area contributed by atoms with Crippen molar-refractivity contribution in [3.8, 4) is 0 Å². The van der Waals surface area contributed by atoms with Gasteiger partial charge in [0.05, 0.1) is 0 Å². The number of hydrogen-bond donors (Lipinski definition) is 1. The van der Waals surface area contributed by atoms with E-state index in [1.807, 2.05) is 30.8 Å². The Morgan fingerprint density at radius 3 is 2.93 bits per heavy atom. The Balaban J connectivity index is 2.34. The highest BCUT2D eigenvalue weighted by atomic mass is 35.5. The molecule has 1 nitrogen and oxygen atoms in total. The van der Waals surface area contributed by atoms with Crippen LogP contribution in [-0.4, -0.2) is 18.1 Å². The summed E-state index contributed by atoms with van der Waals surface area (Å²) in [5.41, 5.74) is 2.30. The lowest BCUT2D eigenvalue weighted by molar-refractivity contribution is 0.989. The minimum atomic E-state index is 0.836. The molecule has 1 N–H and O–H groups in total. The van der Waals surface area contributed by atoms with Gasteiger partial charge in [-0.05, 0) is 42.5 Å². The van der Waals surface area contributed by atoms with E-state index >= 15 is 0 Å². The maximum absolute atomic E-state index is 6.03. The van der Waals surface area contributed by atoms with Gasteiger partial charge in [0, 0.05) is 17.3 Å². The van der Waals surface area contributed by atoms with Crippen LogP contribution in [0.4, 0.5) is 5.69 Å². The molecule has 0 aromatic heterocycles. The Morgan fingerprint density at radius 2 is 2.20 bits per heavy atom. The van der Waals surface area contributed by atoms with Crippen LogP contribution in [0.3, 0.4) is 0 Å². The highest BCUT2D eigenvalue weighted by molar-refractivity contribution is 7.99. The Kier molecular flexibility index (Phi) is 5.96. The summed E-state index contributed by atoms with van der Waals surface area (Å²) in [5, 5.41) is 4.25. The minimum Gasteiger partial charge on any atom is -0.385 e. The van der Waals surface area contributed by atoms with E-state index < -0.39 is 0 Å². The van der Waals surface area contributed by atoms with Crippen LogP contribution in [0.2, 0.25) is 5.02 Å². The van der Waals surface area contributed by atoms with Crippen LogP contribution in [0, 0.1) is 6.92 Å². The lowest BCUT2D eigenvalue weighted by atomic mass is 10.2. The second-order valence-electron chi connectivity index (χ2n) is 3.39. The number of benzene rings is 1. The molecular formula is C12H18ClNS. The molecule has 0 aliphatic rings. The fraction of sp³-hybridized carbons (Fsp3) is 0.500. The standard InChI is InChI=1S/C12H18ClNS/c1-3-15-9-5-8-14-12-7-4-6-11(13)10(12)2/h4,6-7,14H,3,5,8-9H2,1-2H3. The highest BCUT2D eigenvalue weighted by Crippen LogP contribution is 2.22. The quantitative estimate of drug-likeness (QED) is 0.752. The first-order valence-corrected chi connectivity index (χ1v) is 6.85. The van der Waals surface area contributed by atoms with Crippen molar-refractivity contribution in [2.75, 3.05) is 23.4 Å². The maximum Gasteiger partial charge on any atom is 0.0455 e. The highest BCUT2D eigenvalue weighted by Gasteiger charge is 2.00. The molecule has 0 unspecified atom stereocenters. The van der Waals surface area contributed by atoms with Crippen molar-refractivity contribution in [1.29, 1.82) is 0 Å². The van der Waals surface area contributed by atoms with E-state index in [1.165, 1.54) is 17.9 Å². The number of hydrogen-bond acceptors (Lipinski definition) is 2. The van der Waals surface area contributed by atoms with Crippen LogP contribution in [0.5, 0.6) is 0 Å². The van der Waals surface area contributed by atoms with Crippen molar-refractivity contribution in [3.05, 3.63) is 28.8 Å². The Hall–Kier alpha value is -0.340. The second-order valence-corrected chi connectivity index (χ2v) is 5.19. The van der Waals surface area contributed by atoms with E-state index in [0.717, 1.165) is 22.8 Å². The average Bonchev–Trinajstić information content (AvgIpc) is 2.24. The molecule has 0 aliphatic heterocycles. The lowest BCUT2D eigenvalue weighted by Crippen LogP contribution is -2.04. The molecule has 0 spiro atoms. The van der Waals surface area contributed by atoms with Crippen LogP contribution in [0.25, 0.3) is 0 Å². The molecule has 1 aromatic carbocycles. The molecule has 0 heterocycles. The van der Waals surface area contributed by atoms with Crippen molar-refractivity contribution in [2.45, 2.75) is 20.3 Å². The third-order valence-corrected chi connectivity index (χ3v) is 3.65. The van der Waals surface area contributed by atoms with E-state index in [-0.39, 0.29) is 0 Å². The summed E-state index contributed by atoms with van der Waals surface area (Å²) in [4.78, 5) is 0. The molecule has 0 amide bonds. The van der Waals surface area contributed by atoms with Gasteiger partial charge in [0.15, 0.2) is 0 Å². The Morgan fingerprint density at radius 1 is 1.40 bits per heavy atom.